The van der Waals surface area contributed by atoms with Gasteiger partial charge in [0.25, 0.3) is 0 Å². The van der Waals surface area contributed by atoms with Gasteiger partial charge >= 0.3 is 12.0 Å². The summed E-state index contributed by atoms with van der Waals surface area (Å²) in [6.07, 6.45) is 1.88. The van der Waals surface area contributed by atoms with Crippen LogP contribution in [0.15, 0.2) is 24.3 Å². The predicted octanol–water partition coefficient (Wildman–Crippen LogP) is 2.32. The van der Waals surface area contributed by atoms with Crippen molar-refractivity contribution in [3.05, 3.63) is 35.4 Å². The number of rotatable bonds is 4. The van der Waals surface area contributed by atoms with Crippen molar-refractivity contribution in [1.29, 1.82) is 0 Å². The van der Waals surface area contributed by atoms with Gasteiger partial charge in [-0.3, -0.25) is 4.79 Å². The van der Waals surface area contributed by atoms with E-state index < -0.39 is 5.97 Å². The fourth-order valence-electron chi connectivity index (χ4n) is 2.52. The molecule has 1 saturated heterocycles. The van der Waals surface area contributed by atoms with Gasteiger partial charge in [0.1, 0.15) is 0 Å². The first-order chi connectivity index (χ1) is 9.58. The number of likely N-dealkylation sites (tertiary alicyclic amines) is 1. The maximum Gasteiger partial charge on any atom is 0.317 e. The summed E-state index contributed by atoms with van der Waals surface area (Å²) in [5, 5.41) is 11.3. The number of amides is 2. The van der Waals surface area contributed by atoms with Crippen LogP contribution in [0, 0.1) is 6.92 Å². The molecule has 1 fully saturated rings. The Labute approximate surface area is 118 Å². The summed E-state index contributed by atoms with van der Waals surface area (Å²) in [4.78, 5) is 24.4. The Kier molecular flexibility index (Phi) is 4.61. The van der Waals surface area contributed by atoms with Crippen molar-refractivity contribution >= 4 is 12.0 Å². The molecule has 108 valence electrons. The Hall–Kier alpha value is -2.04. The minimum atomic E-state index is -0.901. The number of benzene rings is 1. The number of urea groups is 1. The number of carboxylic acids is 1. The topological polar surface area (TPSA) is 69.6 Å². The van der Waals surface area contributed by atoms with Gasteiger partial charge in [0.05, 0.1) is 12.5 Å². The fourth-order valence-corrected chi connectivity index (χ4v) is 2.52. The van der Waals surface area contributed by atoms with Crippen LogP contribution in [0.2, 0.25) is 0 Å². The minimum absolute atomic E-state index is 0.0468. The van der Waals surface area contributed by atoms with E-state index in [1.807, 2.05) is 19.1 Å². The van der Waals surface area contributed by atoms with Crippen LogP contribution < -0.4 is 5.32 Å². The van der Waals surface area contributed by atoms with E-state index in [-0.39, 0.29) is 25.0 Å². The normalized spacial score (nSPS) is 18.1. The van der Waals surface area contributed by atoms with Crippen molar-refractivity contribution in [1.82, 2.24) is 10.2 Å². The molecule has 1 heterocycles. The molecular formula is C15H20N2O3. The lowest BCUT2D eigenvalue weighted by atomic mass is 10.0. The Balaban J connectivity index is 1.98. The van der Waals surface area contributed by atoms with Gasteiger partial charge in [0.15, 0.2) is 0 Å². The Bertz CT molecular complexity index is 484. The van der Waals surface area contributed by atoms with Crippen LogP contribution in [0.5, 0.6) is 0 Å². The average Bonchev–Trinajstić information content (AvgIpc) is 2.88. The van der Waals surface area contributed by atoms with Gasteiger partial charge in [-0.1, -0.05) is 29.8 Å². The second-order valence-corrected chi connectivity index (χ2v) is 5.14. The molecular weight excluding hydrogens is 256 g/mol. The molecule has 2 N–H and O–H groups in total. The molecule has 0 spiro atoms. The lowest BCUT2D eigenvalue weighted by Gasteiger charge is -2.25. The number of carbonyl (C=O) groups excluding carboxylic acids is 1. The average molecular weight is 276 g/mol. The number of carbonyl (C=O) groups is 2. The molecule has 0 aliphatic carbocycles. The van der Waals surface area contributed by atoms with Crippen LogP contribution in [0.3, 0.4) is 0 Å². The van der Waals surface area contributed by atoms with Crippen LogP contribution in [0.25, 0.3) is 0 Å². The molecule has 20 heavy (non-hydrogen) atoms. The van der Waals surface area contributed by atoms with E-state index in [9.17, 15) is 9.59 Å². The maximum atomic E-state index is 12.1. The summed E-state index contributed by atoms with van der Waals surface area (Å²) < 4.78 is 0. The zero-order valence-corrected chi connectivity index (χ0v) is 11.6. The number of aliphatic carboxylic acids is 1. The van der Waals surface area contributed by atoms with E-state index in [0.717, 1.165) is 24.9 Å². The highest BCUT2D eigenvalue weighted by Gasteiger charge is 2.29. The highest BCUT2D eigenvalue weighted by atomic mass is 16.4. The number of hydrogen-bond donors (Lipinski definition) is 2. The molecule has 0 radical (unpaired) electrons. The second kappa shape index (κ2) is 6.41. The second-order valence-electron chi connectivity index (χ2n) is 5.14. The summed E-state index contributed by atoms with van der Waals surface area (Å²) >= 11 is 0. The third-order valence-corrected chi connectivity index (χ3v) is 3.59. The van der Waals surface area contributed by atoms with Crippen molar-refractivity contribution < 1.29 is 14.7 Å². The van der Waals surface area contributed by atoms with Crippen LogP contribution in [0.1, 0.15) is 36.4 Å². The van der Waals surface area contributed by atoms with Crippen molar-refractivity contribution in [2.75, 3.05) is 13.1 Å². The molecule has 5 nitrogen and oxygen atoms in total. The third-order valence-electron chi connectivity index (χ3n) is 3.59. The van der Waals surface area contributed by atoms with Crippen LogP contribution in [-0.4, -0.2) is 35.1 Å². The summed E-state index contributed by atoms with van der Waals surface area (Å²) in [6.45, 7) is 2.93. The molecule has 0 aromatic heterocycles. The predicted molar refractivity (Wildman–Crippen MR) is 75.5 cm³/mol. The fraction of sp³-hybridized carbons (Fsp3) is 0.467. The summed E-state index contributed by atoms with van der Waals surface area (Å²) in [5.74, 6) is -0.901. The smallest absolute Gasteiger partial charge is 0.317 e. The molecule has 1 unspecified atom stereocenters. The molecule has 2 rings (SSSR count). The lowest BCUT2D eigenvalue weighted by Crippen LogP contribution is -2.40. The third kappa shape index (κ3) is 3.50. The van der Waals surface area contributed by atoms with Gasteiger partial charge < -0.3 is 15.3 Å². The molecule has 1 atom stereocenters. The van der Waals surface area contributed by atoms with Gasteiger partial charge in [-0.05, 0) is 25.3 Å². The first-order valence-corrected chi connectivity index (χ1v) is 6.91. The summed E-state index contributed by atoms with van der Waals surface area (Å²) in [5.41, 5.74) is 2.34. The highest BCUT2D eigenvalue weighted by Crippen LogP contribution is 2.31. The molecule has 1 aromatic rings. The van der Waals surface area contributed by atoms with Crippen LogP contribution >= 0.6 is 0 Å². The molecule has 2 amide bonds. The zero-order valence-electron chi connectivity index (χ0n) is 11.6. The van der Waals surface area contributed by atoms with E-state index in [1.165, 1.54) is 5.56 Å². The van der Waals surface area contributed by atoms with Crippen molar-refractivity contribution in [2.45, 2.75) is 32.2 Å². The van der Waals surface area contributed by atoms with E-state index in [2.05, 4.69) is 17.4 Å². The molecule has 1 aliphatic heterocycles. The summed E-state index contributed by atoms with van der Waals surface area (Å²) in [6, 6.07) is 8.14. The Morgan fingerprint density at radius 1 is 1.35 bits per heavy atom. The Morgan fingerprint density at radius 3 is 2.70 bits per heavy atom. The van der Waals surface area contributed by atoms with Gasteiger partial charge in [-0.15, -0.1) is 0 Å². The number of nitrogens with zero attached hydrogens (tertiary/aromatic N) is 1. The van der Waals surface area contributed by atoms with Gasteiger partial charge in [-0.25, -0.2) is 4.79 Å². The largest absolute Gasteiger partial charge is 0.481 e. The summed E-state index contributed by atoms with van der Waals surface area (Å²) in [7, 11) is 0. The zero-order chi connectivity index (χ0) is 14.5. The van der Waals surface area contributed by atoms with Gasteiger partial charge in [-0.2, -0.15) is 0 Å². The van der Waals surface area contributed by atoms with E-state index in [0.29, 0.717) is 0 Å². The lowest BCUT2D eigenvalue weighted by molar-refractivity contribution is -0.136. The molecule has 1 aromatic carbocycles. The Morgan fingerprint density at radius 2 is 2.05 bits per heavy atom. The number of hydrogen-bond acceptors (Lipinski definition) is 2. The molecule has 1 aliphatic rings. The monoisotopic (exact) mass is 276 g/mol. The molecule has 5 heteroatoms. The SMILES string of the molecule is Cc1ccc(C2CCCN2C(=O)NCCC(=O)O)cc1. The van der Waals surface area contributed by atoms with Crippen molar-refractivity contribution in [2.24, 2.45) is 0 Å². The molecule has 0 bridgehead atoms. The number of carboxylic acid groups (broad SMARTS) is 1. The number of aryl methyl sites for hydroxylation is 1. The standard InChI is InChI=1S/C15H20N2O3/c1-11-4-6-12(7-5-11)13-3-2-10-17(13)15(20)16-9-8-14(18)19/h4-7,13H,2-3,8-10H2,1H3,(H,16,20)(H,18,19). The van der Waals surface area contributed by atoms with E-state index >= 15 is 0 Å². The first-order valence-electron chi connectivity index (χ1n) is 6.91. The first kappa shape index (κ1) is 14.4. The van der Waals surface area contributed by atoms with Crippen LogP contribution in [0.4, 0.5) is 4.79 Å². The van der Waals surface area contributed by atoms with E-state index in [4.69, 9.17) is 5.11 Å². The minimum Gasteiger partial charge on any atom is -0.481 e. The van der Waals surface area contributed by atoms with Crippen molar-refractivity contribution in [3.8, 4) is 0 Å². The van der Waals surface area contributed by atoms with Gasteiger partial charge in [0, 0.05) is 13.1 Å². The highest BCUT2D eigenvalue weighted by molar-refractivity contribution is 5.76. The van der Waals surface area contributed by atoms with Crippen LogP contribution in [-0.2, 0) is 4.79 Å². The van der Waals surface area contributed by atoms with Gasteiger partial charge in [0.2, 0.25) is 0 Å². The van der Waals surface area contributed by atoms with E-state index in [1.54, 1.807) is 4.90 Å². The maximum absolute atomic E-state index is 12.1. The quantitative estimate of drug-likeness (QED) is 0.886. The molecule has 0 saturated carbocycles. The van der Waals surface area contributed by atoms with Crippen molar-refractivity contribution in [3.63, 3.8) is 0 Å². The number of nitrogens with one attached hydrogen (secondary N) is 1.